The smallest absolute Gasteiger partial charge is 0.295 e. The number of nitrogens with zero attached hydrogens (tertiary/aromatic N) is 2. The van der Waals surface area contributed by atoms with Gasteiger partial charge in [-0.25, -0.2) is 0 Å². The molecule has 1 aliphatic rings. The Bertz CT molecular complexity index is 1210. The number of aliphatic hydroxyl groups is 1. The number of aliphatic hydroxyl groups excluding tert-OH is 1. The number of amides is 1. The number of hydrogen-bond donors (Lipinski definition) is 1. The molecule has 194 valence electrons. The van der Waals surface area contributed by atoms with E-state index in [1.54, 1.807) is 18.2 Å². The number of methoxy groups -OCH3 is 4. The van der Waals surface area contributed by atoms with Crippen molar-refractivity contribution in [3.05, 3.63) is 51.0 Å². The average Bonchev–Trinajstić information content (AvgIpc) is 3.11. The van der Waals surface area contributed by atoms with Gasteiger partial charge in [-0.1, -0.05) is 29.3 Å². The molecule has 3 rings (SSSR count). The molecule has 0 aliphatic carbocycles. The Morgan fingerprint density at radius 3 is 2.17 bits per heavy atom. The summed E-state index contributed by atoms with van der Waals surface area (Å²) >= 11 is 12.7. The Hall–Kier alpha value is -3.14. The molecule has 0 bridgehead atoms. The number of halogens is 2. The number of carbonyl (C=O) groups excluding carboxylic acids is 2. The zero-order chi connectivity index (χ0) is 26.7. The third-order valence-corrected chi connectivity index (χ3v) is 6.47. The van der Waals surface area contributed by atoms with Crippen molar-refractivity contribution >= 4 is 40.7 Å². The molecule has 0 saturated carbocycles. The van der Waals surface area contributed by atoms with E-state index in [0.29, 0.717) is 23.6 Å². The van der Waals surface area contributed by atoms with E-state index in [0.717, 1.165) is 0 Å². The molecule has 1 fully saturated rings. The lowest BCUT2D eigenvalue weighted by Gasteiger charge is -2.27. The summed E-state index contributed by atoms with van der Waals surface area (Å²) in [6.07, 6.45) is 0. The molecule has 2 aromatic carbocycles. The largest absolute Gasteiger partial charge is 0.507 e. The Morgan fingerprint density at radius 1 is 0.972 bits per heavy atom. The van der Waals surface area contributed by atoms with E-state index >= 15 is 0 Å². The van der Waals surface area contributed by atoms with Crippen LogP contribution in [0.2, 0.25) is 10.0 Å². The molecule has 1 atom stereocenters. The molecule has 1 aliphatic heterocycles. The first-order valence-corrected chi connectivity index (χ1v) is 11.6. The average molecular weight is 539 g/mol. The zero-order valence-corrected chi connectivity index (χ0v) is 22.4. The van der Waals surface area contributed by atoms with Gasteiger partial charge in [0.2, 0.25) is 0 Å². The maximum Gasteiger partial charge on any atom is 0.295 e. The Kier molecular flexibility index (Phi) is 8.60. The lowest BCUT2D eigenvalue weighted by molar-refractivity contribution is -0.140. The van der Waals surface area contributed by atoms with Crippen LogP contribution in [0.5, 0.6) is 23.0 Å². The number of ether oxygens (including phenoxy) is 4. The first-order chi connectivity index (χ1) is 17.1. The summed E-state index contributed by atoms with van der Waals surface area (Å²) in [6.45, 7) is 0.717. The molecule has 9 nitrogen and oxygen atoms in total. The number of Topliss-reactive ketones (excluding diaryl/α,β-unsaturated/α-hetero) is 1. The van der Waals surface area contributed by atoms with Gasteiger partial charge in [0.05, 0.1) is 50.6 Å². The van der Waals surface area contributed by atoms with Crippen LogP contribution in [0.15, 0.2) is 29.8 Å². The molecule has 36 heavy (non-hydrogen) atoms. The van der Waals surface area contributed by atoms with Gasteiger partial charge in [-0.05, 0) is 37.9 Å². The van der Waals surface area contributed by atoms with E-state index in [4.69, 9.17) is 42.1 Å². The standard InChI is InChI=1S/C25H28Cl2N2O7/c1-28(2)9-10-29-20(13-7-8-16(33-3)17(11-13)34-4)18(22(31)25(29)32)21(30)14-12-15(26)24(36-6)19(27)23(14)35-5/h7-8,11-12,20,30H,9-10H2,1-6H3/b21-18+. The molecular formula is C25H28Cl2N2O7. The van der Waals surface area contributed by atoms with Crippen LogP contribution in [0.1, 0.15) is 17.2 Å². The van der Waals surface area contributed by atoms with Crippen LogP contribution in [0.4, 0.5) is 0 Å². The van der Waals surface area contributed by atoms with Gasteiger partial charge in [-0.15, -0.1) is 0 Å². The number of ketones is 1. The molecule has 2 aromatic rings. The van der Waals surface area contributed by atoms with Crippen molar-refractivity contribution in [2.75, 3.05) is 55.6 Å². The minimum Gasteiger partial charge on any atom is -0.507 e. The van der Waals surface area contributed by atoms with Crippen LogP contribution in [0.3, 0.4) is 0 Å². The highest BCUT2D eigenvalue weighted by molar-refractivity contribution is 6.47. The lowest BCUT2D eigenvalue weighted by Crippen LogP contribution is -2.35. The third kappa shape index (κ3) is 4.91. The van der Waals surface area contributed by atoms with Gasteiger partial charge in [0.1, 0.15) is 10.8 Å². The molecule has 1 unspecified atom stereocenters. The highest BCUT2D eigenvalue weighted by Crippen LogP contribution is 2.47. The molecule has 1 heterocycles. The topological polar surface area (TPSA) is 97.8 Å². The molecule has 0 spiro atoms. The molecule has 0 aromatic heterocycles. The number of likely N-dealkylation sites (N-methyl/N-ethyl adjacent to an activating group) is 1. The fourth-order valence-corrected chi connectivity index (χ4v) is 4.77. The summed E-state index contributed by atoms with van der Waals surface area (Å²) in [5.74, 6) is -1.01. The summed E-state index contributed by atoms with van der Waals surface area (Å²) in [5, 5.41) is 11.6. The number of likely N-dealkylation sites (tertiary alicyclic amines) is 1. The Morgan fingerprint density at radius 2 is 1.61 bits per heavy atom. The third-order valence-electron chi connectivity index (χ3n) is 5.85. The van der Waals surface area contributed by atoms with Gasteiger partial charge in [-0.2, -0.15) is 0 Å². The van der Waals surface area contributed by atoms with E-state index in [1.165, 1.54) is 39.4 Å². The fourth-order valence-electron chi connectivity index (χ4n) is 4.08. The zero-order valence-electron chi connectivity index (χ0n) is 20.8. The van der Waals surface area contributed by atoms with Crippen LogP contribution in [-0.4, -0.2) is 82.2 Å². The lowest BCUT2D eigenvalue weighted by atomic mass is 9.94. The highest BCUT2D eigenvalue weighted by Gasteiger charge is 2.46. The van der Waals surface area contributed by atoms with E-state index in [-0.39, 0.29) is 39.2 Å². The fraction of sp³-hybridized carbons (Fsp3) is 0.360. The monoisotopic (exact) mass is 538 g/mol. The quantitative estimate of drug-likeness (QED) is 0.290. The van der Waals surface area contributed by atoms with Crippen molar-refractivity contribution in [3.63, 3.8) is 0 Å². The first kappa shape index (κ1) is 27.4. The van der Waals surface area contributed by atoms with E-state index in [1.807, 2.05) is 19.0 Å². The van der Waals surface area contributed by atoms with Crippen LogP contribution < -0.4 is 18.9 Å². The second-order valence-corrected chi connectivity index (χ2v) is 8.98. The number of hydrogen-bond acceptors (Lipinski definition) is 8. The molecule has 1 N–H and O–H groups in total. The van der Waals surface area contributed by atoms with Gasteiger partial charge < -0.3 is 33.9 Å². The first-order valence-electron chi connectivity index (χ1n) is 10.9. The van der Waals surface area contributed by atoms with Gasteiger partial charge in [0.25, 0.3) is 11.7 Å². The van der Waals surface area contributed by atoms with Crippen molar-refractivity contribution in [3.8, 4) is 23.0 Å². The molecule has 11 heteroatoms. The summed E-state index contributed by atoms with van der Waals surface area (Å²) in [4.78, 5) is 29.8. The van der Waals surface area contributed by atoms with Crippen molar-refractivity contribution in [1.29, 1.82) is 0 Å². The van der Waals surface area contributed by atoms with E-state index in [9.17, 15) is 14.7 Å². The normalized spacial score (nSPS) is 17.0. The molecular weight excluding hydrogens is 511 g/mol. The molecule has 0 radical (unpaired) electrons. The summed E-state index contributed by atoms with van der Waals surface area (Å²) in [6, 6.07) is 5.49. The number of benzene rings is 2. The van der Waals surface area contributed by atoms with Gasteiger partial charge >= 0.3 is 0 Å². The van der Waals surface area contributed by atoms with Gasteiger partial charge in [0, 0.05) is 13.1 Å². The molecule has 1 amide bonds. The van der Waals surface area contributed by atoms with Gasteiger partial charge in [-0.3, -0.25) is 9.59 Å². The van der Waals surface area contributed by atoms with Crippen LogP contribution in [0, 0.1) is 0 Å². The summed E-state index contributed by atoms with van der Waals surface area (Å²) in [5.41, 5.74) is 0.447. The van der Waals surface area contributed by atoms with Crippen molar-refractivity contribution in [2.24, 2.45) is 0 Å². The Labute approximate surface area is 219 Å². The maximum absolute atomic E-state index is 13.3. The summed E-state index contributed by atoms with van der Waals surface area (Å²) in [7, 11) is 9.44. The number of rotatable bonds is 9. The minimum absolute atomic E-state index is 0.0125. The van der Waals surface area contributed by atoms with E-state index < -0.39 is 23.5 Å². The number of carbonyl (C=O) groups is 2. The van der Waals surface area contributed by atoms with Crippen molar-refractivity contribution in [2.45, 2.75) is 6.04 Å². The predicted molar refractivity (Wildman–Crippen MR) is 137 cm³/mol. The Balaban J connectivity index is 2.30. The van der Waals surface area contributed by atoms with Gasteiger partial charge in [0.15, 0.2) is 23.0 Å². The van der Waals surface area contributed by atoms with Crippen molar-refractivity contribution < 1.29 is 33.6 Å². The minimum atomic E-state index is -0.922. The van der Waals surface area contributed by atoms with E-state index in [2.05, 4.69) is 0 Å². The SMILES string of the molecule is COc1ccc(C2/C(=C(\O)c3cc(Cl)c(OC)c(Cl)c3OC)C(=O)C(=O)N2CCN(C)C)cc1OC. The second-order valence-electron chi connectivity index (χ2n) is 8.20. The van der Waals surface area contributed by atoms with Crippen LogP contribution in [-0.2, 0) is 9.59 Å². The summed E-state index contributed by atoms with van der Waals surface area (Å²) < 4.78 is 21.4. The van der Waals surface area contributed by atoms with Crippen molar-refractivity contribution in [1.82, 2.24) is 9.80 Å². The predicted octanol–water partition coefficient (Wildman–Crippen LogP) is 4.01. The highest BCUT2D eigenvalue weighted by atomic mass is 35.5. The molecule has 1 saturated heterocycles. The maximum atomic E-state index is 13.3. The second kappa shape index (κ2) is 11.3. The van der Waals surface area contributed by atoms with Crippen LogP contribution >= 0.6 is 23.2 Å². The van der Waals surface area contributed by atoms with Crippen LogP contribution in [0.25, 0.3) is 5.76 Å².